The molecule has 6 rings (SSSR count). The fourth-order valence-electron chi connectivity index (χ4n) is 4.51. The van der Waals surface area contributed by atoms with Crippen LogP contribution < -0.4 is 14.2 Å². The molecule has 0 amide bonds. The zero-order chi connectivity index (χ0) is 27.5. The van der Waals surface area contributed by atoms with E-state index in [1.807, 2.05) is 123 Å². The van der Waals surface area contributed by atoms with Crippen molar-refractivity contribution in [2.24, 2.45) is 0 Å². The first-order valence-corrected chi connectivity index (χ1v) is 12.7. The quantitative estimate of drug-likeness (QED) is 0.238. The summed E-state index contributed by atoms with van der Waals surface area (Å²) in [5.41, 5.74) is 5.44. The highest BCUT2D eigenvalue weighted by molar-refractivity contribution is 6.52. The average Bonchev–Trinajstić information content (AvgIpc) is 3.80. The standard InChI is InChI=1S/C30H27BN6O3/c1-38-25-10-4-22(5-11-25)28-16-19-35(32-28)31(36-20-17-29(33-36)23-6-12-26(39-2)13-7-23)37-21-18-30(34-37)24-8-14-27(40-3)15-9-24/h4-21H,1-3H3. The first-order valence-electron chi connectivity index (χ1n) is 12.7. The molecule has 3 aromatic heterocycles. The maximum Gasteiger partial charge on any atom is 0.568 e. The fraction of sp³-hybridized carbons (Fsp3) is 0.100. The summed E-state index contributed by atoms with van der Waals surface area (Å²) in [6.45, 7) is 0. The van der Waals surface area contributed by atoms with E-state index in [9.17, 15) is 0 Å². The van der Waals surface area contributed by atoms with Crippen molar-refractivity contribution < 1.29 is 14.2 Å². The Labute approximate surface area is 232 Å². The third-order valence-electron chi connectivity index (χ3n) is 6.69. The molecule has 0 fully saturated rings. The van der Waals surface area contributed by atoms with Gasteiger partial charge in [0, 0.05) is 35.3 Å². The molecule has 0 unspecified atom stereocenters. The predicted octanol–water partition coefficient (Wildman–Crippen LogP) is 5.23. The van der Waals surface area contributed by atoms with Gasteiger partial charge >= 0.3 is 7.12 Å². The Morgan fingerprint density at radius 3 is 0.950 bits per heavy atom. The molecule has 6 aromatic rings. The van der Waals surface area contributed by atoms with Crippen LogP contribution in [0.5, 0.6) is 17.2 Å². The van der Waals surface area contributed by atoms with Gasteiger partial charge in [0.2, 0.25) is 0 Å². The molecule has 0 aliphatic heterocycles. The molecule has 0 saturated heterocycles. The third-order valence-corrected chi connectivity index (χ3v) is 6.69. The minimum absolute atomic E-state index is 0.481. The van der Waals surface area contributed by atoms with Crippen molar-refractivity contribution in [3.63, 3.8) is 0 Å². The Bertz CT molecular complexity index is 1500. The van der Waals surface area contributed by atoms with Crippen LogP contribution in [0.25, 0.3) is 33.8 Å². The molecule has 0 N–H and O–H groups in total. The van der Waals surface area contributed by atoms with Gasteiger partial charge in [-0.1, -0.05) is 0 Å². The Hall–Kier alpha value is -5.25. The molecule has 0 radical (unpaired) electrons. The van der Waals surface area contributed by atoms with E-state index in [1.165, 1.54) is 0 Å². The number of hydrogen-bond acceptors (Lipinski definition) is 6. The number of benzene rings is 3. The second kappa shape index (κ2) is 10.9. The van der Waals surface area contributed by atoms with E-state index < -0.39 is 7.12 Å². The lowest BCUT2D eigenvalue weighted by atomic mass is 9.96. The second-order valence-corrected chi connectivity index (χ2v) is 9.07. The fourth-order valence-corrected chi connectivity index (χ4v) is 4.51. The Kier molecular flexibility index (Phi) is 6.80. The lowest BCUT2D eigenvalue weighted by molar-refractivity contribution is 0.415. The van der Waals surface area contributed by atoms with Crippen LogP contribution in [0.1, 0.15) is 0 Å². The van der Waals surface area contributed by atoms with Crippen molar-refractivity contribution in [3.8, 4) is 51.0 Å². The normalized spacial score (nSPS) is 10.9. The van der Waals surface area contributed by atoms with Gasteiger partial charge in [-0.05, 0) is 91.0 Å². The van der Waals surface area contributed by atoms with Crippen LogP contribution in [0.4, 0.5) is 0 Å². The van der Waals surface area contributed by atoms with Crippen LogP contribution in [0.3, 0.4) is 0 Å². The number of methoxy groups -OCH3 is 3. The lowest BCUT2D eigenvalue weighted by Crippen LogP contribution is -2.42. The van der Waals surface area contributed by atoms with E-state index in [-0.39, 0.29) is 0 Å². The summed E-state index contributed by atoms with van der Waals surface area (Å²) in [6.07, 6.45) is 5.81. The zero-order valence-corrected chi connectivity index (χ0v) is 22.4. The summed E-state index contributed by atoms with van der Waals surface area (Å²) in [6, 6.07) is 29.5. The van der Waals surface area contributed by atoms with E-state index in [2.05, 4.69) is 0 Å². The largest absolute Gasteiger partial charge is 0.568 e. The monoisotopic (exact) mass is 530 g/mol. The van der Waals surface area contributed by atoms with Gasteiger partial charge < -0.3 is 14.2 Å². The van der Waals surface area contributed by atoms with Crippen molar-refractivity contribution in [1.29, 1.82) is 0 Å². The molecular weight excluding hydrogens is 503 g/mol. The van der Waals surface area contributed by atoms with Crippen LogP contribution >= 0.6 is 0 Å². The predicted molar refractivity (Wildman–Crippen MR) is 155 cm³/mol. The van der Waals surface area contributed by atoms with E-state index in [0.29, 0.717) is 0 Å². The van der Waals surface area contributed by atoms with Crippen molar-refractivity contribution in [2.45, 2.75) is 0 Å². The maximum atomic E-state index is 5.30. The van der Waals surface area contributed by atoms with Gasteiger partial charge in [-0.2, -0.15) is 15.3 Å². The molecule has 3 heterocycles. The average molecular weight is 530 g/mol. The molecule has 0 atom stereocenters. The van der Waals surface area contributed by atoms with Crippen molar-refractivity contribution >= 4 is 7.12 Å². The van der Waals surface area contributed by atoms with Gasteiger partial charge in [-0.25, -0.2) is 0 Å². The summed E-state index contributed by atoms with van der Waals surface area (Å²) in [5.74, 6) is 2.39. The van der Waals surface area contributed by atoms with Crippen LogP contribution in [-0.2, 0) is 0 Å². The Balaban J connectivity index is 1.38. The SMILES string of the molecule is COc1ccc(-c2ccn(B(n3ccc(-c4ccc(OC)cc4)n3)n3ccc(-c4ccc(OC)cc4)n3)n2)cc1. The van der Waals surface area contributed by atoms with Gasteiger partial charge in [0.1, 0.15) is 17.2 Å². The highest BCUT2D eigenvalue weighted by Crippen LogP contribution is 2.24. The summed E-state index contributed by atoms with van der Waals surface area (Å²) >= 11 is 0. The Morgan fingerprint density at radius 2 is 0.700 bits per heavy atom. The maximum absolute atomic E-state index is 5.30. The smallest absolute Gasteiger partial charge is 0.497 e. The number of nitrogens with zero attached hydrogens (tertiary/aromatic N) is 6. The van der Waals surface area contributed by atoms with Crippen LogP contribution in [0.2, 0.25) is 0 Å². The highest BCUT2D eigenvalue weighted by atomic mass is 16.5. The van der Waals surface area contributed by atoms with Crippen molar-refractivity contribution in [1.82, 2.24) is 29.1 Å². The van der Waals surface area contributed by atoms with E-state index >= 15 is 0 Å². The number of ether oxygens (including phenoxy) is 3. The zero-order valence-electron chi connectivity index (χ0n) is 22.4. The molecule has 0 bridgehead atoms. The molecule has 198 valence electrons. The van der Waals surface area contributed by atoms with Crippen molar-refractivity contribution in [3.05, 3.63) is 110 Å². The molecule has 10 heteroatoms. The summed E-state index contributed by atoms with van der Waals surface area (Å²) < 4.78 is 21.5. The number of rotatable bonds is 9. The first kappa shape index (κ1) is 25.1. The van der Waals surface area contributed by atoms with Crippen molar-refractivity contribution in [2.75, 3.05) is 21.3 Å². The first-order chi connectivity index (χ1) is 19.6. The van der Waals surface area contributed by atoms with Crippen LogP contribution in [-0.4, -0.2) is 57.5 Å². The molecule has 0 saturated carbocycles. The highest BCUT2D eigenvalue weighted by Gasteiger charge is 2.29. The van der Waals surface area contributed by atoms with Gasteiger partial charge in [0.25, 0.3) is 0 Å². The summed E-state index contributed by atoms with van der Waals surface area (Å²) in [4.78, 5) is 0. The summed E-state index contributed by atoms with van der Waals surface area (Å²) in [7, 11) is 4.49. The molecule has 0 aliphatic carbocycles. The van der Waals surface area contributed by atoms with Gasteiger partial charge in [-0.15, -0.1) is 0 Å². The number of hydrogen-bond donors (Lipinski definition) is 0. The molecule has 40 heavy (non-hydrogen) atoms. The van der Waals surface area contributed by atoms with E-state index in [4.69, 9.17) is 29.5 Å². The lowest BCUT2D eigenvalue weighted by Gasteiger charge is -2.14. The Morgan fingerprint density at radius 1 is 0.425 bits per heavy atom. The minimum Gasteiger partial charge on any atom is -0.497 e. The molecule has 0 aliphatic rings. The van der Waals surface area contributed by atoms with Gasteiger partial charge in [-0.3, -0.25) is 13.8 Å². The second-order valence-electron chi connectivity index (χ2n) is 9.07. The number of aromatic nitrogens is 6. The molecule has 3 aromatic carbocycles. The third kappa shape index (κ3) is 4.94. The van der Waals surface area contributed by atoms with Gasteiger partial charge in [0.15, 0.2) is 0 Å². The van der Waals surface area contributed by atoms with Crippen LogP contribution in [0, 0.1) is 0 Å². The van der Waals surface area contributed by atoms with E-state index in [1.54, 1.807) is 21.3 Å². The van der Waals surface area contributed by atoms with Crippen LogP contribution in [0.15, 0.2) is 110 Å². The molecule has 9 nitrogen and oxygen atoms in total. The van der Waals surface area contributed by atoms with E-state index in [0.717, 1.165) is 51.0 Å². The van der Waals surface area contributed by atoms with Gasteiger partial charge in [0.05, 0.1) is 38.4 Å². The summed E-state index contributed by atoms with van der Waals surface area (Å²) in [5, 5.41) is 14.8. The molecular formula is C30H27BN6O3. The molecule has 0 spiro atoms. The minimum atomic E-state index is -0.481. The topological polar surface area (TPSA) is 81.2 Å².